The van der Waals surface area contributed by atoms with Crippen LogP contribution in [0.3, 0.4) is 0 Å². The third-order valence-electron chi connectivity index (χ3n) is 3.81. The third-order valence-corrected chi connectivity index (χ3v) is 3.81. The molecule has 2 heterocycles. The average Bonchev–Trinajstić information content (AvgIpc) is 2.93. The van der Waals surface area contributed by atoms with E-state index in [0.29, 0.717) is 12.4 Å². The summed E-state index contributed by atoms with van der Waals surface area (Å²) in [5.41, 5.74) is 2.83. The molecule has 4 nitrogen and oxygen atoms in total. The molecular weight excluding hydrogens is 303 g/mol. The molecule has 4 rings (SSSR count). The molecule has 24 heavy (non-hydrogen) atoms. The van der Waals surface area contributed by atoms with Gasteiger partial charge in [-0.1, -0.05) is 30.3 Å². The van der Waals surface area contributed by atoms with Crippen LogP contribution < -0.4 is 5.32 Å². The number of fused-ring (bicyclic) bond motifs is 1. The summed E-state index contributed by atoms with van der Waals surface area (Å²) in [7, 11) is 0. The van der Waals surface area contributed by atoms with Crippen LogP contribution in [0.4, 0.5) is 15.9 Å². The van der Waals surface area contributed by atoms with Crippen molar-refractivity contribution in [1.29, 1.82) is 0 Å². The fraction of sp³-hybridized carbons (Fsp3) is 0.0526. The van der Waals surface area contributed by atoms with Gasteiger partial charge < -0.3 is 5.32 Å². The van der Waals surface area contributed by atoms with Crippen molar-refractivity contribution in [3.63, 3.8) is 0 Å². The molecule has 0 atom stereocenters. The molecule has 4 aromatic rings. The molecular formula is C19H15FN4. The number of benzene rings is 2. The van der Waals surface area contributed by atoms with Crippen LogP contribution in [0.5, 0.6) is 0 Å². The molecule has 2 aromatic carbocycles. The smallest absolute Gasteiger partial charge is 0.160 e. The molecule has 0 fully saturated rings. The van der Waals surface area contributed by atoms with E-state index < -0.39 is 0 Å². The van der Waals surface area contributed by atoms with Gasteiger partial charge in [0.1, 0.15) is 5.82 Å². The quantitative estimate of drug-likeness (QED) is 0.608. The maximum absolute atomic E-state index is 13.7. The Morgan fingerprint density at radius 1 is 1.00 bits per heavy atom. The number of nitrogens with zero attached hydrogens (tertiary/aromatic N) is 3. The van der Waals surface area contributed by atoms with Crippen LogP contribution in [0.25, 0.3) is 10.9 Å². The van der Waals surface area contributed by atoms with Crippen molar-refractivity contribution >= 4 is 22.4 Å². The Morgan fingerprint density at radius 3 is 2.67 bits per heavy atom. The van der Waals surface area contributed by atoms with E-state index >= 15 is 0 Å². The zero-order valence-electron chi connectivity index (χ0n) is 12.9. The van der Waals surface area contributed by atoms with Gasteiger partial charge in [0.05, 0.1) is 23.9 Å². The van der Waals surface area contributed by atoms with E-state index in [1.165, 1.54) is 12.1 Å². The van der Waals surface area contributed by atoms with Gasteiger partial charge in [0.25, 0.3) is 0 Å². The van der Waals surface area contributed by atoms with Crippen LogP contribution in [0.1, 0.15) is 5.56 Å². The summed E-state index contributed by atoms with van der Waals surface area (Å²) in [5.74, 6) is 0.337. The summed E-state index contributed by atoms with van der Waals surface area (Å²) in [6.45, 7) is 0.623. The maximum atomic E-state index is 13.7. The van der Waals surface area contributed by atoms with Crippen LogP contribution in [-0.4, -0.2) is 14.8 Å². The monoisotopic (exact) mass is 318 g/mol. The maximum Gasteiger partial charge on any atom is 0.160 e. The molecule has 118 valence electrons. The summed E-state index contributed by atoms with van der Waals surface area (Å²) >= 11 is 0. The Labute approximate surface area is 138 Å². The summed E-state index contributed by atoms with van der Waals surface area (Å²) in [6.07, 6.45) is 3.41. The van der Waals surface area contributed by atoms with Gasteiger partial charge in [-0.05, 0) is 35.9 Å². The second-order valence-electron chi connectivity index (χ2n) is 5.52. The fourth-order valence-corrected chi connectivity index (χ4v) is 2.69. The lowest BCUT2D eigenvalue weighted by atomic mass is 10.2. The zero-order chi connectivity index (χ0) is 16.4. The molecule has 1 N–H and O–H groups in total. The highest BCUT2D eigenvalue weighted by molar-refractivity contribution is 5.92. The van der Waals surface area contributed by atoms with Crippen molar-refractivity contribution in [2.45, 2.75) is 6.54 Å². The Kier molecular flexibility index (Phi) is 3.67. The zero-order valence-corrected chi connectivity index (χ0v) is 12.9. The predicted octanol–water partition coefficient (Wildman–Crippen LogP) is 4.36. The minimum Gasteiger partial charge on any atom is -0.337 e. The van der Waals surface area contributed by atoms with Gasteiger partial charge in [-0.2, -0.15) is 5.10 Å². The molecule has 5 heteroatoms. The third kappa shape index (κ3) is 2.84. The Morgan fingerprint density at radius 2 is 1.88 bits per heavy atom. The molecule has 0 unspecified atom stereocenters. The number of anilines is 2. The summed E-state index contributed by atoms with van der Waals surface area (Å²) in [4.78, 5) is 4.08. The Bertz CT molecular complexity index is 965. The molecule has 0 aliphatic carbocycles. The van der Waals surface area contributed by atoms with Gasteiger partial charge in [-0.15, -0.1) is 0 Å². The first-order valence-corrected chi connectivity index (χ1v) is 7.67. The highest BCUT2D eigenvalue weighted by atomic mass is 19.1. The molecule has 0 saturated heterocycles. The lowest BCUT2D eigenvalue weighted by Gasteiger charge is -2.03. The van der Waals surface area contributed by atoms with Crippen LogP contribution >= 0.6 is 0 Å². The second kappa shape index (κ2) is 6.12. The SMILES string of the molecule is Fc1ccc2c(c1)c(Nc1cccnc1)nn2Cc1ccccc1. The van der Waals surface area contributed by atoms with Crippen LogP contribution in [0.15, 0.2) is 73.1 Å². The predicted molar refractivity (Wildman–Crippen MR) is 92.8 cm³/mol. The van der Waals surface area contributed by atoms with Crippen molar-refractivity contribution in [2.24, 2.45) is 0 Å². The number of halogens is 1. The summed E-state index contributed by atoms with van der Waals surface area (Å²) < 4.78 is 15.6. The van der Waals surface area contributed by atoms with Gasteiger partial charge in [0.15, 0.2) is 5.82 Å². The van der Waals surface area contributed by atoms with Crippen molar-refractivity contribution < 1.29 is 4.39 Å². The minimum absolute atomic E-state index is 0.281. The largest absolute Gasteiger partial charge is 0.337 e. The molecule has 0 saturated carbocycles. The van der Waals surface area contributed by atoms with Crippen LogP contribution in [0, 0.1) is 5.82 Å². The van der Waals surface area contributed by atoms with E-state index in [1.54, 1.807) is 18.5 Å². The first-order chi connectivity index (χ1) is 11.8. The molecule has 0 amide bonds. The van der Waals surface area contributed by atoms with E-state index in [0.717, 1.165) is 22.2 Å². The second-order valence-corrected chi connectivity index (χ2v) is 5.52. The average molecular weight is 318 g/mol. The minimum atomic E-state index is -0.281. The molecule has 0 aliphatic heterocycles. The van der Waals surface area contributed by atoms with E-state index in [9.17, 15) is 4.39 Å². The molecule has 0 bridgehead atoms. The standard InChI is InChI=1S/C19H15FN4/c20-15-8-9-18-17(11-15)19(22-16-7-4-10-21-12-16)23-24(18)13-14-5-2-1-3-6-14/h1-12H,13H2,(H,22,23). The normalized spacial score (nSPS) is 10.9. The van der Waals surface area contributed by atoms with Gasteiger partial charge >= 0.3 is 0 Å². The topological polar surface area (TPSA) is 42.7 Å². The van der Waals surface area contributed by atoms with E-state index in [-0.39, 0.29) is 5.82 Å². The van der Waals surface area contributed by atoms with Crippen LogP contribution in [-0.2, 0) is 6.54 Å². The summed E-state index contributed by atoms with van der Waals surface area (Å²) in [5, 5.41) is 8.60. The highest BCUT2D eigenvalue weighted by Crippen LogP contribution is 2.27. The van der Waals surface area contributed by atoms with E-state index in [1.807, 2.05) is 47.1 Å². The molecule has 0 spiro atoms. The van der Waals surface area contributed by atoms with Gasteiger partial charge in [0.2, 0.25) is 0 Å². The number of hydrogen-bond donors (Lipinski definition) is 1. The van der Waals surface area contributed by atoms with Gasteiger partial charge in [0, 0.05) is 11.6 Å². The van der Waals surface area contributed by atoms with Crippen molar-refractivity contribution in [1.82, 2.24) is 14.8 Å². The van der Waals surface area contributed by atoms with Crippen molar-refractivity contribution in [3.8, 4) is 0 Å². The fourth-order valence-electron chi connectivity index (χ4n) is 2.69. The summed E-state index contributed by atoms with van der Waals surface area (Å²) in [6, 6.07) is 18.5. The van der Waals surface area contributed by atoms with Crippen molar-refractivity contribution in [2.75, 3.05) is 5.32 Å². The van der Waals surface area contributed by atoms with E-state index in [2.05, 4.69) is 15.4 Å². The first kappa shape index (κ1) is 14.4. The number of pyridine rings is 1. The van der Waals surface area contributed by atoms with Crippen LogP contribution in [0.2, 0.25) is 0 Å². The molecule has 2 aromatic heterocycles. The van der Waals surface area contributed by atoms with Gasteiger partial charge in [-0.3, -0.25) is 9.67 Å². The number of hydrogen-bond acceptors (Lipinski definition) is 3. The number of aromatic nitrogens is 3. The Hall–Kier alpha value is -3.21. The lowest BCUT2D eigenvalue weighted by Crippen LogP contribution is -2.02. The molecule has 0 aliphatic rings. The number of rotatable bonds is 4. The number of nitrogens with one attached hydrogen (secondary N) is 1. The van der Waals surface area contributed by atoms with Crippen molar-refractivity contribution in [3.05, 3.63) is 84.4 Å². The highest BCUT2D eigenvalue weighted by Gasteiger charge is 2.12. The lowest BCUT2D eigenvalue weighted by molar-refractivity contribution is 0.629. The van der Waals surface area contributed by atoms with E-state index in [4.69, 9.17) is 0 Å². The Balaban J connectivity index is 1.77. The first-order valence-electron chi connectivity index (χ1n) is 7.67. The van der Waals surface area contributed by atoms with Gasteiger partial charge in [-0.25, -0.2) is 4.39 Å². The molecule has 0 radical (unpaired) electrons.